The average Bonchev–Trinajstić information content (AvgIpc) is 2.37. The largest absolute Gasteiger partial charge is 0.508 e. The van der Waals surface area contributed by atoms with E-state index >= 15 is 0 Å². The molecule has 2 rings (SSSR count). The zero-order valence-corrected chi connectivity index (χ0v) is 11.7. The van der Waals surface area contributed by atoms with Crippen LogP contribution in [0.5, 0.6) is 11.5 Å². The van der Waals surface area contributed by atoms with Crippen molar-refractivity contribution in [2.45, 2.75) is 32.8 Å². The average molecular weight is 256 g/mol. The number of para-hydroxylation sites is 1. The zero-order valence-electron chi connectivity index (χ0n) is 11.7. The molecule has 2 heteroatoms. The van der Waals surface area contributed by atoms with Gasteiger partial charge in [-0.15, -0.1) is 0 Å². The molecule has 2 nitrogen and oxygen atoms in total. The predicted molar refractivity (Wildman–Crippen MR) is 77.6 cm³/mol. The van der Waals surface area contributed by atoms with E-state index in [4.69, 9.17) is 4.74 Å². The Kier molecular flexibility index (Phi) is 3.79. The highest BCUT2D eigenvalue weighted by Crippen LogP contribution is 2.31. The van der Waals surface area contributed by atoms with Gasteiger partial charge in [-0.1, -0.05) is 51.1 Å². The highest BCUT2D eigenvalue weighted by atomic mass is 16.5. The third-order valence-corrected chi connectivity index (χ3v) is 3.03. The summed E-state index contributed by atoms with van der Waals surface area (Å²) in [4.78, 5) is 0. The lowest BCUT2D eigenvalue weighted by Crippen LogP contribution is -2.13. The molecule has 0 heterocycles. The van der Waals surface area contributed by atoms with Crippen molar-refractivity contribution >= 4 is 0 Å². The molecule has 0 radical (unpaired) electrons. The Morgan fingerprint density at radius 3 is 2.21 bits per heavy atom. The number of benzene rings is 2. The molecule has 0 aromatic heterocycles. The SMILES string of the molecule is CC(C)(C)c1ccccc1OCc1ccc(O)cc1. The van der Waals surface area contributed by atoms with Gasteiger partial charge in [-0.3, -0.25) is 0 Å². The summed E-state index contributed by atoms with van der Waals surface area (Å²) in [5, 5.41) is 9.25. The lowest BCUT2D eigenvalue weighted by Gasteiger charge is -2.22. The molecule has 0 aliphatic rings. The van der Waals surface area contributed by atoms with E-state index in [-0.39, 0.29) is 11.2 Å². The number of phenolic OH excluding ortho intramolecular Hbond substituents is 1. The van der Waals surface area contributed by atoms with Crippen LogP contribution in [0, 0.1) is 0 Å². The third-order valence-electron chi connectivity index (χ3n) is 3.03. The second kappa shape index (κ2) is 5.35. The van der Waals surface area contributed by atoms with Crippen LogP contribution < -0.4 is 4.74 Å². The van der Waals surface area contributed by atoms with Crippen LogP contribution in [0.3, 0.4) is 0 Å². The van der Waals surface area contributed by atoms with Crippen LogP contribution in [0.2, 0.25) is 0 Å². The lowest BCUT2D eigenvalue weighted by atomic mass is 9.86. The summed E-state index contributed by atoms with van der Waals surface area (Å²) >= 11 is 0. The van der Waals surface area contributed by atoms with Gasteiger partial charge in [-0.2, -0.15) is 0 Å². The maximum absolute atomic E-state index is 9.25. The fourth-order valence-corrected chi connectivity index (χ4v) is 1.97. The first-order chi connectivity index (χ1) is 8.97. The maximum Gasteiger partial charge on any atom is 0.123 e. The van der Waals surface area contributed by atoms with E-state index < -0.39 is 0 Å². The molecule has 1 N–H and O–H groups in total. The van der Waals surface area contributed by atoms with Gasteiger partial charge >= 0.3 is 0 Å². The molecule has 0 saturated carbocycles. The van der Waals surface area contributed by atoms with Gasteiger partial charge < -0.3 is 9.84 Å². The van der Waals surface area contributed by atoms with Crippen molar-refractivity contribution in [3.8, 4) is 11.5 Å². The molecule has 0 atom stereocenters. The van der Waals surface area contributed by atoms with Gasteiger partial charge in [-0.05, 0) is 34.7 Å². The second-order valence-corrected chi connectivity index (χ2v) is 5.70. The highest BCUT2D eigenvalue weighted by molar-refractivity contribution is 5.38. The highest BCUT2D eigenvalue weighted by Gasteiger charge is 2.18. The first kappa shape index (κ1) is 13.5. The quantitative estimate of drug-likeness (QED) is 0.888. The zero-order chi connectivity index (χ0) is 13.9. The van der Waals surface area contributed by atoms with Gasteiger partial charge in [0.1, 0.15) is 18.1 Å². The van der Waals surface area contributed by atoms with Crippen LogP contribution in [0.1, 0.15) is 31.9 Å². The smallest absolute Gasteiger partial charge is 0.123 e. The van der Waals surface area contributed by atoms with Crippen molar-refractivity contribution in [2.75, 3.05) is 0 Å². The van der Waals surface area contributed by atoms with Crippen LogP contribution in [-0.2, 0) is 12.0 Å². The number of hydrogen-bond donors (Lipinski definition) is 1. The van der Waals surface area contributed by atoms with Gasteiger partial charge in [0.05, 0.1) is 0 Å². The molecule has 19 heavy (non-hydrogen) atoms. The third kappa shape index (κ3) is 3.50. The molecule has 0 aliphatic heterocycles. The van der Waals surface area contributed by atoms with Crippen molar-refractivity contribution < 1.29 is 9.84 Å². The van der Waals surface area contributed by atoms with E-state index in [1.54, 1.807) is 12.1 Å². The number of aromatic hydroxyl groups is 1. The first-order valence-electron chi connectivity index (χ1n) is 6.47. The minimum atomic E-state index is 0.0611. The van der Waals surface area contributed by atoms with Crippen LogP contribution in [-0.4, -0.2) is 5.11 Å². The maximum atomic E-state index is 9.25. The van der Waals surface area contributed by atoms with Gasteiger partial charge in [0.25, 0.3) is 0 Å². The number of rotatable bonds is 3. The van der Waals surface area contributed by atoms with E-state index in [0.717, 1.165) is 11.3 Å². The van der Waals surface area contributed by atoms with E-state index in [9.17, 15) is 5.11 Å². The first-order valence-corrected chi connectivity index (χ1v) is 6.47. The van der Waals surface area contributed by atoms with E-state index in [2.05, 4.69) is 26.8 Å². The molecule has 0 bridgehead atoms. The molecule has 0 spiro atoms. The van der Waals surface area contributed by atoms with Crippen molar-refractivity contribution in [2.24, 2.45) is 0 Å². The van der Waals surface area contributed by atoms with Crippen molar-refractivity contribution in [3.63, 3.8) is 0 Å². The minimum absolute atomic E-state index is 0.0611. The summed E-state index contributed by atoms with van der Waals surface area (Å²) in [6.07, 6.45) is 0. The molecule has 0 aliphatic carbocycles. The Hall–Kier alpha value is -1.96. The Morgan fingerprint density at radius 1 is 0.947 bits per heavy atom. The normalized spacial score (nSPS) is 11.3. The summed E-state index contributed by atoms with van der Waals surface area (Å²) in [5.74, 6) is 1.20. The monoisotopic (exact) mass is 256 g/mol. The molecule has 0 fully saturated rings. The standard InChI is InChI=1S/C17H20O2/c1-17(2,3)15-6-4-5-7-16(15)19-12-13-8-10-14(18)11-9-13/h4-11,18H,12H2,1-3H3. The molecule has 100 valence electrons. The minimum Gasteiger partial charge on any atom is -0.508 e. The van der Waals surface area contributed by atoms with Gasteiger partial charge in [0.2, 0.25) is 0 Å². The van der Waals surface area contributed by atoms with Crippen molar-refractivity contribution in [1.82, 2.24) is 0 Å². The topological polar surface area (TPSA) is 29.5 Å². The molecule has 2 aromatic carbocycles. The molecular formula is C17H20O2. The summed E-state index contributed by atoms with van der Waals surface area (Å²) < 4.78 is 5.91. The summed E-state index contributed by atoms with van der Waals surface area (Å²) in [6.45, 7) is 7.04. The van der Waals surface area contributed by atoms with Crippen LogP contribution >= 0.6 is 0 Å². The molecule has 0 unspecified atom stereocenters. The van der Waals surface area contributed by atoms with Crippen LogP contribution in [0.25, 0.3) is 0 Å². The Morgan fingerprint density at radius 2 is 1.58 bits per heavy atom. The lowest BCUT2D eigenvalue weighted by molar-refractivity contribution is 0.297. The summed E-state index contributed by atoms with van der Waals surface area (Å²) in [5.41, 5.74) is 2.31. The van der Waals surface area contributed by atoms with Gasteiger partial charge in [0.15, 0.2) is 0 Å². The summed E-state index contributed by atoms with van der Waals surface area (Å²) in [7, 11) is 0. The molecule has 0 amide bonds. The fraction of sp³-hybridized carbons (Fsp3) is 0.294. The number of phenols is 1. The van der Waals surface area contributed by atoms with E-state index in [0.29, 0.717) is 6.61 Å². The van der Waals surface area contributed by atoms with E-state index in [1.807, 2.05) is 30.3 Å². The Bertz CT molecular complexity index is 536. The number of ether oxygens (including phenoxy) is 1. The van der Waals surface area contributed by atoms with Crippen LogP contribution in [0.15, 0.2) is 48.5 Å². The Balaban J connectivity index is 2.14. The summed E-state index contributed by atoms with van der Waals surface area (Å²) in [6, 6.07) is 15.2. The molecule has 2 aromatic rings. The number of hydrogen-bond acceptors (Lipinski definition) is 2. The van der Waals surface area contributed by atoms with E-state index in [1.165, 1.54) is 5.56 Å². The molecular weight excluding hydrogens is 236 g/mol. The fourth-order valence-electron chi connectivity index (χ4n) is 1.97. The molecule has 0 saturated heterocycles. The van der Waals surface area contributed by atoms with Gasteiger partial charge in [-0.25, -0.2) is 0 Å². The van der Waals surface area contributed by atoms with Crippen molar-refractivity contribution in [1.29, 1.82) is 0 Å². The van der Waals surface area contributed by atoms with Gasteiger partial charge in [0, 0.05) is 0 Å². The predicted octanol–water partition coefficient (Wildman–Crippen LogP) is 4.27. The van der Waals surface area contributed by atoms with Crippen molar-refractivity contribution in [3.05, 3.63) is 59.7 Å². The van der Waals surface area contributed by atoms with Crippen LogP contribution in [0.4, 0.5) is 0 Å². The second-order valence-electron chi connectivity index (χ2n) is 5.70. The Labute approximate surface area is 114 Å².